The van der Waals surface area contributed by atoms with E-state index in [1.54, 1.807) is 7.05 Å². The van der Waals surface area contributed by atoms with Crippen LogP contribution in [0.2, 0.25) is 0 Å². The maximum Gasteiger partial charge on any atom is 0.189 e. The Bertz CT molecular complexity index is 1500. The van der Waals surface area contributed by atoms with Gasteiger partial charge in [0.1, 0.15) is 0 Å². The number of nitrogens with one attached hydrogen (secondary N) is 2. The van der Waals surface area contributed by atoms with Gasteiger partial charge in [-0.1, -0.05) is 48.1 Å². The fraction of sp³-hybridized carbons (Fsp3) is 0.629. The largest absolute Gasteiger partial charge is 0.390 e. The Kier molecular flexibility index (Phi) is 5.97. The van der Waals surface area contributed by atoms with Gasteiger partial charge in [0.25, 0.3) is 0 Å². The molecular formula is C35H44N4O3. The maximum absolute atomic E-state index is 12.8. The van der Waals surface area contributed by atoms with Gasteiger partial charge in [-0.05, 0) is 92.1 Å². The van der Waals surface area contributed by atoms with Gasteiger partial charge in [-0.3, -0.25) is 4.99 Å². The van der Waals surface area contributed by atoms with Crippen molar-refractivity contribution in [2.45, 2.75) is 87.6 Å². The van der Waals surface area contributed by atoms with Gasteiger partial charge in [-0.25, -0.2) is 0 Å². The third-order valence-corrected chi connectivity index (χ3v) is 12.8. The van der Waals surface area contributed by atoms with Gasteiger partial charge in [0.05, 0.1) is 23.3 Å². The molecule has 1 aromatic carbocycles. The lowest BCUT2D eigenvalue weighted by Crippen LogP contribution is -2.59. The minimum absolute atomic E-state index is 0.116. The average molecular weight is 569 g/mol. The first kappa shape index (κ1) is 26.8. The van der Waals surface area contributed by atoms with Crippen molar-refractivity contribution in [3.05, 3.63) is 47.7 Å². The maximum atomic E-state index is 12.8. The number of H-pyrrole nitrogens is 1. The predicted molar refractivity (Wildman–Crippen MR) is 163 cm³/mol. The molecule has 6 aliphatic rings. The Morgan fingerprint density at radius 3 is 2.74 bits per heavy atom. The molecule has 11 atom stereocenters. The molecule has 4 saturated carbocycles. The van der Waals surface area contributed by atoms with Crippen LogP contribution in [-0.4, -0.2) is 56.7 Å². The van der Waals surface area contributed by atoms with Gasteiger partial charge in [-0.2, -0.15) is 0 Å². The van der Waals surface area contributed by atoms with E-state index >= 15 is 0 Å². The summed E-state index contributed by atoms with van der Waals surface area (Å²) in [6.07, 6.45) is 9.83. The summed E-state index contributed by atoms with van der Waals surface area (Å²) in [5.41, 5.74) is 7.45. The van der Waals surface area contributed by atoms with Crippen LogP contribution in [0.1, 0.15) is 63.5 Å². The summed E-state index contributed by atoms with van der Waals surface area (Å²) in [6.45, 7) is 0. The lowest BCUT2D eigenvalue weighted by molar-refractivity contribution is -0.147. The van der Waals surface area contributed by atoms with Gasteiger partial charge in [0.2, 0.25) is 0 Å². The van der Waals surface area contributed by atoms with E-state index in [1.165, 1.54) is 16.7 Å². The van der Waals surface area contributed by atoms with Crippen molar-refractivity contribution in [1.29, 1.82) is 0 Å². The Morgan fingerprint density at radius 2 is 1.90 bits per heavy atom. The van der Waals surface area contributed by atoms with Crippen LogP contribution in [0.5, 0.6) is 0 Å². The Hall–Kier alpha value is -2.79. The summed E-state index contributed by atoms with van der Waals surface area (Å²) >= 11 is 0. The first-order chi connectivity index (χ1) is 20.3. The molecule has 0 aliphatic heterocycles. The molecule has 1 spiro atoms. The third kappa shape index (κ3) is 3.49. The SMILES string of the molecule is CN=C(N)NC1C#CC2CCC=C(Cc3cc4ccccc4[nH]3)C23C2CCCC4(O)C5CC(O)C(O)(C1)C5C3CCC24. The number of aliphatic hydroxyl groups excluding tert-OH is 1. The monoisotopic (exact) mass is 568 g/mol. The number of hydrogen-bond donors (Lipinski definition) is 6. The zero-order chi connectivity index (χ0) is 28.9. The van der Waals surface area contributed by atoms with E-state index in [9.17, 15) is 15.3 Å². The number of aliphatic imine (C=N–C) groups is 1. The molecule has 2 aromatic rings. The van der Waals surface area contributed by atoms with Crippen LogP contribution in [0.3, 0.4) is 0 Å². The van der Waals surface area contributed by atoms with Crippen LogP contribution in [0.25, 0.3) is 10.9 Å². The second kappa shape index (κ2) is 9.35. The number of para-hydroxylation sites is 1. The molecule has 0 amide bonds. The lowest BCUT2D eigenvalue weighted by Gasteiger charge is -2.61. The number of nitrogens with zero attached hydrogens (tertiary/aromatic N) is 1. The first-order valence-electron chi connectivity index (χ1n) is 16.2. The van der Waals surface area contributed by atoms with Crippen LogP contribution in [0.15, 0.2) is 47.0 Å². The molecular weight excluding hydrogens is 524 g/mol. The molecule has 0 saturated heterocycles. The van der Waals surface area contributed by atoms with E-state index in [0.717, 1.165) is 56.9 Å². The van der Waals surface area contributed by atoms with Gasteiger partial charge in [-0.15, -0.1) is 0 Å². The van der Waals surface area contributed by atoms with Gasteiger partial charge in [0, 0.05) is 42.4 Å². The Balaban J connectivity index is 1.35. The third-order valence-electron chi connectivity index (χ3n) is 12.8. The van der Waals surface area contributed by atoms with Gasteiger partial charge in [0.15, 0.2) is 5.96 Å². The Labute approximate surface area is 248 Å². The highest BCUT2D eigenvalue weighted by molar-refractivity contribution is 5.80. The number of aromatic nitrogens is 1. The van der Waals surface area contributed by atoms with Crippen molar-refractivity contribution >= 4 is 16.9 Å². The first-order valence-corrected chi connectivity index (χ1v) is 16.2. The van der Waals surface area contributed by atoms with Gasteiger partial charge < -0.3 is 31.4 Å². The molecule has 222 valence electrons. The molecule has 6 bridgehead atoms. The van der Waals surface area contributed by atoms with Gasteiger partial charge >= 0.3 is 0 Å². The van der Waals surface area contributed by atoms with Crippen LogP contribution in [0, 0.1) is 52.8 Å². The molecule has 1 aromatic heterocycles. The standard InChI is InChI=1S/C35H44N4O3/c1-37-32(36)39-23-12-11-21-7-4-8-22(17-24-16-20-6-2-3-10-29(20)38-24)35(21)26-9-5-15-33(41)25(26)13-14-27(35)31-28(33)18-30(40)34(31,42)19-23/h2-3,6,8,10,16,21,23,25-28,30-31,38,40-42H,4-5,7,9,13-15,17-19H2,1H3,(H3,36,37,39). The zero-order valence-corrected chi connectivity index (χ0v) is 24.5. The van der Waals surface area contributed by atoms with E-state index in [0.29, 0.717) is 12.3 Å². The number of hydrogen-bond acceptors (Lipinski definition) is 4. The topological polar surface area (TPSA) is 127 Å². The summed E-state index contributed by atoms with van der Waals surface area (Å²) in [7, 11) is 1.64. The predicted octanol–water partition coefficient (Wildman–Crippen LogP) is 3.64. The number of aliphatic hydroxyl groups is 3. The van der Waals surface area contributed by atoms with Crippen LogP contribution < -0.4 is 11.1 Å². The molecule has 6 aliphatic carbocycles. The molecule has 7 N–H and O–H groups in total. The minimum Gasteiger partial charge on any atom is -0.390 e. The average Bonchev–Trinajstić information content (AvgIpc) is 3.47. The number of benzene rings is 1. The number of guanidine groups is 1. The number of rotatable bonds is 3. The van der Waals surface area contributed by atoms with Crippen molar-refractivity contribution in [3.63, 3.8) is 0 Å². The smallest absolute Gasteiger partial charge is 0.189 e. The quantitative estimate of drug-likeness (QED) is 0.146. The minimum atomic E-state index is -1.37. The molecule has 42 heavy (non-hydrogen) atoms. The van der Waals surface area contributed by atoms with Crippen molar-refractivity contribution in [1.82, 2.24) is 10.3 Å². The molecule has 11 unspecified atom stereocenters. The van der Waals surface area contributed by atoms with Crippen molar-refractivity contribution in [3.8, 4) is 11.8 Å². The summed E-state index contributed by atoms with van der Waals surface area (Å²) in [5.74, 6) is 8.01. The highest BCUT2D eigenvalue weighted by atomic mass is 16.3. The number of fused-ring (bicyclic) bond motifs is 2. The van der Waals surface area contributed by atoms with Crippen LogP contribution in [-0.2, 0) is 6.42 Å². The van der Waals surface area contributed by atoms with E-state index in [-0.39, 0.29) is 47.4 Å². The van der Waals surface area contributed by atoms with E-state index in [2.05, 4.69) is 63.5 Å². The second-order valence-electron chi connectivity index (χ2n) is 14.3. The summed E-state index contributed by atoms with van der Waals surface area (Å²) in [6, 6.07) is 10.3. The van der Waals surface area contributed by atoms with Crippen LogP contribution >= 0.6 is 0 Å². The molecule has 4 fully saturated rings. The van der Waals surface area contributed by atoms with Crippen LogP contribution in [0.4, 0.5) is 0 Å². The number of aromatic amines is 1. The fourth-order valence-electron chi connectivity index (χ4n) is 11.6. The summed E-state index contributed by atoms with van der Waals surface area (Å²) in [4.78, 5) is 7.81. The molecule has 7 nitrogen and oxygen atoms in total. The van der Waals surface area contributed by atoms with Crippen molar-refractivity contribution in [2.75, 3.05) is 7.05 Å². The second-order valence-corrected chi connectivity index (χ2v) is 14.3. The highest BCUT2D eigenvalue weighted by Crippen LogP contribution is 2.74. The van der Waals surface area contributed by atoms with E-state index in [4.69, 9.17) is 5.73 Å². The lowest BCUT2D eigenvalue weighted by atomic mass is 9.43. The highest BCUT2D eigenvalue weighted by Gasteiger charge is 2.74. The van der Waals surface area contributed by atoms with E-state index in [1.807, 2.05) is 0 Å². The van der Waals surface area contributed by atoms with Crippen molar-refractivity contribution in [2.24, 2.45) is 51.6 Å². The van der Waals surface area contributed by atoms with E-state index < -0.39 is 23.3 Å². The summed E-state index contributed by atoms with van der Waals surface area (Å²) < 4.78 is 0. The van der Waals surface area contributed by atoms with Crippen molar-refractivity contribution < 1.29 is 15.3 Å². The normalized spacial score (nSPS) is 45.5. The molecule has 8 rings (SSSR count). The number of allylic oxidation sites excluding steroid dienone is 2. The molecule has 0 radical (unpaired) electrons. The zero-order valence-electron chi connectivity index (χ0n) is 24.5. The summed E-state index contributed by atoms with van der Waals surface area (Å²) in [5, 5.41) is 41.7. The number of nitrogens with two attached hydrogens (primary N) is 1. The fourth-order valence-corrected chi connectivity index (χ4v) is 11.6. The molecule has 7 heteroatoms. The molecule has 1 heterocycles. The Morgan fingerprint density at radius 1 is 1.07 bits per heavy atom.